The molecule has 8 nitrogen and oxygen atoms in total. The van der Waals surface area contributed by atoms with Gasteiger partial charge in [-0.2, -0.15) is 0 Å². The maximum Gasteiger partial charge on any atom is 0.328 e. The molecule has 0 spiro atoms. The first kappa shape index (κ1) is 26.7. The average Bonchev–Trinajstić information content (AvgIpc) is 2.87. The second-order valence-electron chi connectivity index (χ2n) is 7.88. The molecule has 2 aromatic carbocycles. The van der Waals surface area contributed by atoms with Crippen molar-refractivity contribution in [3.63, 3.8) is 0 Å². The smallest absolute Gasteiger partial charge is 0.328 e. The number of ketones is 1. The average molecular weight is 469 g/mol. The zero-order chi connectivity index (χ0) is 24.8. The number of nitrogens with two attached hydrogens (primary N) is 1. The Morgan fingerprint density at radius 3 is 1.94 bits per heavy atom. The van der Waals surface area contributed by atoms with E-state index in [0.29, 0.717) is 6.42 Å². The Hall–Kier alpha value is -3.52. The second kappa shape index (κ2) is 14.6. The Morgan fingerprint density at radius 2 is 1.38 bits per heavy atom. The van der Waals surface area contributed by atoms with Crippen molar-refractivity contribution in [2.24, 2.45) is 5.73 Å². The third kappa shape index (κ3) is 9.95. The summed E-state index contributed by atoms with van der Waals surface area (Å²) in [5.41, 5.74) is 7.53. The predicted molar refractivity (Wildman–Crippen MR) is 126 cm³/mol. The molecular weight excluding hydrogens is 436 g/mol. The molecule has 2 atom stereocenters. The molecule has 182 valence electrons. The fourth-order valence-corrected chi connectivity index (χ4v) is 3.05. The SMILES string of the molecule is CCC(=O)CCC(N)C(=O)NC(CCC(=O)OCc1ccccc1)C(=O)OCc1ccccc1. The summed E-state index contributed by atoms with van der Waals surface area (Å²) in [5.74, 6) is -1.76. The number of benzene rings is 2. The molecule has 34 heavy (non-hydrogen) atoms. The van der Waals surface area contributed by atoms with Crippen LogP contribution in [0, 0.1) is 0 Å². The first-order chi connectivity index (χ1) is 16.4. The molecule has 2 unspecified atom stereocenters. The summed E-state index contributed by atoms with van der Waals surface area (Å²) >= 11 is 0. The zero-order valence-electron chi connectivity index (χ0n) is 19.4. The molecule has 0 aliphatic rings. The molecule has 3 N–H and O–H groups in total. The van der Waals surface area contributed by atoms with Crippen LogP contribution in [0.15, 0.2) is 60.7 Å². The van der Waals surface area contributed by atoms with Gasteiger partial charge in [-0.15, -0.1) is 0 Å². The third-order valence-corrected chi connectivity index (χ3v) is 5.17. The van der Waals surface area contributed by atoms with E-state index in [2.05, 4.69) is 5.32 Å². The van der Waals surface area contributed by atoms with Gasteiger partial charge in [-0.05, 0) is 24.0 Å². The normalized spacial score (nSPS) is 12.3. The van der Waals surface area contributed by atoms with Gasteiger partial charge in [0.05, 0.1) is 6.04 Å². The van der Waals surface area contributed by atoms with E-state index < -0.39 is 29.9 Å². The molecule has 1 amide bonds. The number of nitrogens with one attached hydrogen (secondary N) is 1. The van der Waals surface area contributed by atoms with E-state index in [1.54, 1.807) is 6.92 Å². The molecule has 0 fully saturated rings. The molecule has 2 rings (SSSR count). The number of esters is 2. The quantitative estimate of drug-likeness (QED) is 0.409. The number of amides is 1. The summed E-state index contributed by atoms with van der Waals surface area (Å²) in [6.45, 7) is 1.89. The van der Waals surface area contributed by atoms with Gasteiger partial charge in [-0.25, -0.2) is 4.79 Å². The Labute approximate surface area is 199 Å². The molecule has 0 saturated heterocycles. The van der Waals surface area contributed by atoms with E-state index in [4.69, 9.17) is 15.2 Å². The van der Waals surface area contributed by atoms with Crippen molar-refractivity contribution in [3.05, 3.63) is 71.8 Å². The first-order valence-electron chi connectivity index (χ1n) is 11.4. The number of carbonyl (C=O) groups excluding carboxylic acids is 4. The number of ether oxygens (including phenoxy) is 2. The van der Waals surface area contributed by atoms with Crippen LogP contribution < -0.4 is 11.1 Å². The van der Waals surface area contributed by atoms with Crippen LogP contribution in [0.4, 0.5) is 0 Å². The van der Waals surface area contributed by atoms with E-state index in [0.717, 1.165) is 11.1 Å². The van der Waals surface area contributed by atoms with Crippen LogP contribution in [0.25, 0.3) is 0 Å². The van der Waals surface area contributed by atoms with Crippen LogP contribution in [-0.2, 0) is 41.9 Å². The minimum absolute atomic E-state index is 0.00299. The first-order valence-corrected chi connectivity index (χ1v) is 11.4. The van der Waals surface area contributed by atoms with Gasteiger partial charge in [-0.1, -0.05) is 67.6 Å². The van der Waals surface area contributed by atoms with E-state index in [1.165, 1.54) is 0 Å². The minimum atomic E-state index is -1.08. The van der Waals surface area contributed by atoms with E-state index in [9.17, 15) is 19.2 Å². The molecule has 2 aromatic rings. The maximum absolute atomic E-state index is 12.7. The zero-order valence-corrected chi connectivity index (χ0v) is 19.4. The van der Waals surface area contributed by atoms with Crippen LogP contribution >= 0.6 is 0 Å². The van der Waals surface area contributed by atoms with Crippen molar-refractivity contribution in [3.8, 4) is 0 Å². The summed E-state index contributed by atoms with van der Waals surface area (Å²) in [4.78, 5) is 48.9. The maximum atomic E-state index is 12.7. The largest absolute Gasteiger partial charge is 0.461 e. The highest BCUT2D eigenvalue weighted by molar-refractivity contribution is 5.88. The standard InChI is InChI=1S/C26H32N2O6/c1-2-21(29)13-14-22(27)25(31)28-23(26(32)34-18-20-11-7-4-8-12-20)15-16-24(30)33-17-19-9-5-3-6-10-19/h3-12,22-23H,2,13-18,27H2,1H3,(H,28,31). The topological polar surface area (TPSA) is 125 Å². The lowest BCUT2D eigenvalue weighted by Gasteiger charge is -2.20. The highest BCUT2D eigenvalue weighted by Gasteiger charge is 2.26. The van der Waals surface area contributed by atoms with Crippen molar-refractivity contribution >= 4 is 23.6 Å². The van der Waals surface area contributed by atoms with Crippen molar-refractivity contribution < 1.29 is 28.7 Å². The Morgan fingerprint density at radius 1 is 0.824 bits per heavy atom. The molecule has 0 aliphatic heterocycles. The lowest BCUT2D eigenvalue weighted by Crippen LogP contribution is -2.49. The fourth-order valence-electron chi connectivity index (χ4n) is 3.05. The van der Waals surface area contributed by atoms with Gasteiger partial charge in [0.1, 0.15) is 25.0 Å². The van der Waals surface area contributed by atoms with Crippen molar-refractivity contribution in [1.82, 2.24) is 5.32 Å². The molecule has 0 radical (unpaired) electrons. The lowest BCUT2D eigenvalue weighted by atomic mass is 10.1. The van der Waals surface area contributed by atoms with Crippen LogP contribution in [0.3, 0.4) is 0 Å². The summed E-state index contributed by atoms with van der Waals surface area (Å²) < 4.78 is 10.6. The van der Waals surface area contributed by atoms with E-state index in [1.807, 2.05) is 60.7 Å². The van der Waals surface area contributed by atoms with Gasteiger partial charge in [0.15, 0.2) is 0 Å². The Bertz CT molecular complexity index is 933. The molecule has 0 bridgehead atoms. The molecule has 0 aromatic heterocycles. The third-order valence-electron chi connectivity index (χ3n) is 5.17. The van der Waals surface area contributed by atoms with E-state index in [-0.39, 0.29) is 44.7 Å². The Balaban J connectivity index is 1.93. The summed E-state index contributed by atoms with van der Waals surface area (Å²) in [6.07, 6.45) is 0.618. The van der Waals surface area contributed by atoms with E-state index >= 15 is 0 Å². The minimum Gasteiger partial charge on any atom is -0.461 e. The van der Waals surface area contributed by atoms with Crippen LogP contribution in [-0.4, -0.2) is 35.7 Å². The van der Waals surface area contributed by atoms with Crippen LogP contribution in [0.2, 0.25) is 0 Å². The highest BCUT2D eigenvalue weighted by atomic mass is 16.5. The summed E-state index contributed by atoms with van der Waals surface area (Å²) in [7, 11) is 0. The van der Waals surface area contributed by atoms with Crippen LogP contribution in [0.5, 0.6) is 0 Å². The van der Waals surface area contributed by atoms with Gasteiger partial charge in [0.2, 0.25) is 5.91 Å². The second-order valence-corrected chi connectivity index (χ2v) is 7.88. The molecule has 0 aliphatic carbocycles. The summed E-state index contributed by atoms with van der Waals surface area (Å²) in [6, 6.07) is 16.3. The molecule has 0 heterocycles. The van der Waals surface area contributed by atoms with Gasteiger partial charge >= 0.3 is 11.9 Å². The fraction of sp³-hybridized carbons (Fsp3) is 0.385. The lowest BCUT2D eigenvalue weighted by molar-refractivity contribution is -0.150. The molecule has 0 saturated carbocycles. The number of hydrogen-bond donors (Lipinski definition) is 2. The van der Waals surface area contributed by atoms with Gasteiger partial charge < -0.3 is 20.5 Å². The molecule has 8 heteroatoms. The highest BCUT2D eigenvalue weighted by Crippen LogP contribution is 2.09. The van der Waals surface area contributed by atoms with Gasteiger partial charge in [-0.3, -0.25) is 14.4 Å². The summed E-state index contributed by atoms with van der Waals surface area (Å²) in [5, 5.41) is 2.57. The number of rotatable bonds is 14. The number of Topliss-reactive ketones (excluding diaryl/α,β-unsaturated/α-hetero) is 1. The monoisotopic (exact) mass is 468 g/mol. The Kier molecular flexibility index (Phi) is 11.5. The molecular formula is C26H32N2O6. The van der Waals surface area contributed by atoms with Crippen molar-refractivity contribution in [2.75, 3.05) is 0 Å². The number of carbonyl (C=O) groups is 4. The van der Waals surface area contributed by atoms with Crippen molar-refractivity contribution in [1.29, 1.82) is 0 Å². The van der Waals surface area contributed by atoms with Crippen molar-refractivity contribution in [2.45, 2.75) is 64.3 Å². The van der Waals surface area contributed by atoms with Gasteiger partial charge in [0, 0.05) is 19.3 Å². The number of hydrogen-bond acceptors (Lipinski definition) is 7. The van der Waals surface area contributed by atoms with Gasteiger partial charge in [0.25, 0.3) is 0 Å². The van der Waals surface area contributed by atoms with Crippen LogP contribution in [0.1, 0.15) is 50.2 Å². The predicted octanol–water partition coefficient (Wildman–Crippen LogP) is 2.82.